The molecule has 4 nitrogen and oxygen atoms in total. The lowest BCUT2D eigenvalue weighted by molar-refractivity contribution is -0.386. The monoisotopic (exact) mass is 249 g/mol. The lowest BCUT2D eigenvalue weighted by Gasteiger charge is -2.13. The van der Waals surface area contributed by atoms with Crippen LogP contribution >= 0.6 is 0 Å². The van der Waals surface area contributed by atoms with Crippen LogP contribution in [0.3, 0.4) is 0 Å². The van der Waals surface area contributed by atoms with Crippen molar-refractivity contribution in [1.82, 2.24) is 0 Å². The highest BCUT2D eigenvalue weighted by atomic mass is 16.6. The Labute approximate surface area is 107 Å². The van der Waals surface area contributed by atoms with Crippen LogP contribution in [0.5, 0.6) is 5.75 Å². The molecular weight excluding hydrogens is 230 g/mol. The van der Waals surface area contributed by atoms with E-state index in [1.165, 1.54) is 12.8 Å². The molecule has 2 rings (SSSR count). The van der Waals surface area contributed by atoms with Crippen molar-refractivity contribution in [2.24, 2.45) is 5.92 Å². The fourth-order valence-corrected chi connectivity index (χ4v) is 2.01. The van der Waals surface area contributed by atoms with Gasteiger partial charge >= 0.3 is 5.69 Å². The molecule has 1 saturated carbocycles. The van der Waals surface area contributed by atoms with Crippen LogP contribution < -0.4 is 4.74 Å². The quantitative estimate of drug-likeness (QED) is 0.589. The van der Waals surface area contributed by atoms with Gasteiger partial charge in [-0.25, -0.2) is 0 Å². The van der Waals surface area contributed by atoms with Crippen LogP contribution in [0.25, 0.3) is 0 Å². The molecule has 4 heteroatoms. The molecule has 0 N–H and O–H groups in total. The van der Waals surface area contributed by atoms with E-state index in [0.29, 0.717) is 18.3 Å². The zero-order chi connectivity index (χ0) is 13.3. The Morgan fingerprint density at radius 2 is 2.11 bits per heavy atom. The molecule has 0 saturated heterocycles. The van der Waals surface area contributed by atoms with E-state index in [2.05, 4.69) is 0 Å². The minimum absolute atomic E-state index is 0.120. The molecule has 0 unspecified atom stereocenters. The Hall–Kier alpha value is -1.58. The first kappa shape index (κ1) is 12.9. The van der Waals surface area contributed by atoms with Crippen molar-refractivity contribution in [3.05, 3.63) is 33.4 Å². The zero-order valence-corrected chi connectivity index (χ0v) is 11.1. The molecule has 0 spiro atoms. The molecule has 1 aliphatic rings. The first-order chi connectivity index (χ1) is 8.50. The van der Waals surface area contributed by atoms with Crippen molar-refractivity contribution in [3.8, 4) is 5.75 Å². The second-order valence-electron chi connectivity index (χ2n) is 5.32. The van der Waals surface area contributed by atoms with Crippen LogP contribution in [0.15, 0.2) is 12.1 Å². The first-order valence-corrected chi connectivity index (χ1v) is 6.41. The lowest BCUT2D eigenvalue weighted by atomic mass is 9.98. The molecule has 0 aliphatic heterocycles. The van der Waals surface area contributed by atoms with Crippen LogP contribution in [-0.4, -0.2) is 11.5 Å². The van der Waals surface area contributed by atoms with Gasteiger partial charge in [0.05, 0.1) is 11.5 Å². The van der Waals surface area contributed by atoms with Crippen molar-refractivity contribution in [2.45, 2.75) is 39.5 Å². The third-order valence-corrected chi connectivity index (χ3v) is 3.32. The highest BCUT2D eigenvalue weighted by Crippen LogP contribution is 2.39. The van der Waals surface area contributed by atoms with Gasteiger partial charge in [0.2, 0.25) is 0 Å². The van der Waals surface area contributed by atoms with Crippen LogP contribution in [0.4, 0.5) is 5.69 Å². The molecule has 0 amide bonds. The number of nitro groups is 1. The first-order valence-electron chi connectivity index (χ1n) is 6.41. The van der Waals surface area contributed by atoms with Gasteiger partial charge in [0.25, 0.3) is 0 Å². The van der Waals surface area contributed by atoms with E-state index in [0.717, 1.165) is 11.1 Å². The predicted octanol–water partition coefficient (Wildman–Crippen LogP) is 3.82. The summed E-state index contributed by atoms with van der Waals surface area (Å²) in [6, 6.07) is 3.74. The third-order valence-electron chi connectivity index (χ3n) is 3.32. The third kappa shape index (κ3) is 2.63. The van der Waals surface area contributed by atoms with E-state index in [4.69, 9.17) is 4.74 Å². The summed E-state index contributed by atoms with van der Waals surface area (Å²) in [6.45, 7) is 6.38. The maximum atomic E-state index is 11.3. The normalized spacial score (nSPS) is 14.9. The fraction of sp³-hybridized carbons (Fsp3) is 0.571. The predicted molar refractivity (Wildman–Crippen MR) is 70.1 cm³/mol. The molecule has 1 fully saturated rings. The topological polar surface area (TPSA) is 52.4 Å². The van der Waals surface area contributed by atoms with Crippen LogP contribution in [0.2, 0.25) is 0 Å². The summed E-state index contributed by atoms with van der Waals surface area (Å²) in [6.07, 6.45) is 2.35. The van der Waals surface area contributed by atoms with Crippen LogP contribution in [0.1, 0.15) is 43.7 Å². The lowest BCUT2D eigenvalue weighted by Crippen LogP contribution is -2.06. The van der Waals surface area contributed by atoms with Gasteiger partial charge in [-0.3, -0.25) is 10.1 Å². The molecule has 0 bridgehead atoms. The molecule has 98 valence electrons. The summed E-state index contributed by atoms with van der Waals surface area (Å²) in [5.41, 5.74) is 1.73. The van der Waals surface area contributed by atoms with Crippen molar-refractivity contribution in [2.75, 3.05) is 6.61 Å². The van der Waals surface area contributed by atoms with Crippen LogP contribution in [-0.2, 0) is 0 Å². The summed E-state index contributed by atoms with van der Waals surface area (Å²) in [5, 5.41) is 11.3. The summed E-state index contributed by atoms with van der Waals surface area (Å²) in [7, 11) is 0. The average Bonchev–Trinajstić information content (AvgIpc) is 3.10. The van der Waals surface area contributed by atoms with Gasteiger partial charge in [0.15, 0.2) is 5.75 Å². The van der Waals surface area contributed by atoms with E-state index in [-0.39, 0.29) is 16.5 Å². The van der Waals surface area contributed by atoms with E-state index in [1.807, 2.05) is 32.9 Å². The Kier molecular flexibility index (Phi) is 3.55. The van der Waals surface area contributed by atoms with Crippen LogP contribution in [0, 0.1) is 23.0 Å². The number of aryl methyl sites for hydroxylation is 1. The molecule has 1 aromatic rings. The summed E-state index contributed by atoms with van der Waals surface area (Å²) in [4.78, 5) is 11.0. The van der Waals surface area contributed by atoms with Crippen molar-refractivity contribution in [3.63, 3.8) is 0 Å². The maximum Gasteiger partial charge on any atom is 0.314 e. The van der Waals surface area contributed by atoms with Gasteiger partial charge < -0.3 is 4.74 Å². The number of rotatable bonds is 5. The number of ether oxygens (including phenoxy) is 1. The Morgan fingerprint density at radius 1 is 1.44 bits per heavy atom. The highest BCUT2D eigenvalue weighted by Gasteiger charge is 2.28. The Bertz CT molecular complexity index is 464. The average molecular weight is 249 g/mol. The molecule has 0 heterocycles. The SMILES string of the molecule is Cc1ccc(C(C)C)c([N+](=O)[O-])c1OCC1CC1. The second kappa shape index (κ2) is 4.96. The minimum Gasteiger partial charge on any atom is -0.486 e. The Morgan fingerprint density at radius 3 is 2.61 bits per heavy atom. The summed E-state index contributed by atoms with van der Waals surface area (Å²) in [5.74, 6) is 1.17. The summed E-state index contributed by atoms with van der Waals surface area (Å²) < 4.78 is 5.70. The van der Waals surface area contributed by atoms with Crippen molar-refractivity contribution >= 4 is 5.69 Å². The van der Waals surface area contributed by atoms with Crippen molar-refractivity contribution in [1.29, 1.82) is 0 Å². The zero-order valence-electron chi connectivity index (χ0n) is 11.1. The molecule has 1 aromatic carbocycles. The molecule has 18 heavy (non-hydrogen) atoms. The van der Waals surface area contributed by atoms with E-state index >= 15 is 0 Å². The second-order valence-corrected chi connectivity index (χ2v) is 5.32. The van der Waals surface area contributed by atoms with E-state index in [9.17, 15) is 10.1 Å². The number of benzene rings is 1. The number of hydrogen-bond donors (Lipinski definition) is 0. The smallest absolute Gasteiger partial charge is 0.314 e. The van der Waals surface area contributed by atoms with Gasteiger partial charge in [-0.05, 0) is 37.2 Å². The fourth-order valence-electron chi connectivity index (χ4n) is 2.01. The number of hydrogen-bond acceptors (Lipinski definition) is 3. The van der Waals surface area contributed by atoms with Crippen molar-refractivity contribution < 1.29 is 9.66 Å². The largest absolute Gasteiger partial charge is 0.486 e. The Balaban J connectivity index is 2.38. The molecule has 1 aliphatic carbocycles. The molecule has 0 radical (unpaired) electrons. The maximum absolute atomic E-state index is 11.3. The summed E-state index contributed by atoms with van der Waals surface area (Å²) >= 11 is 0. The highest BCUT2D eigenvalue weighted by molar-refractivity contribution is 5.58. The number of nitrogens with zero attached hydrogens (tertiary/aromatic N) is 1. The molecule has 0 aromatic heterocycles. The van der Waals surface area contributed by atoms with Gasteiger partial charge in [-0.15, -0.1) is 0 Å². The number of nitro benzene ring substituents is 1. The van der Waals surface area contributed by atoms with Gasteiger partial charge in [-0.1, -0.05) is 26.0 Å². The van der Waals surface area contributed by atoms with Gasteiger partial charge in [0, 0.05) is 5.56 Å². The van der Waals surface area contributed by atoms with E-state index in [1.54, 1.807) is 0 Å². The molecular formula is C14H19NO3. The van der Waals surface area contributed by atoms with Gasteiger partial charge in [-0.2, -0.15) is 0 Å². The minimum atomic E-state index is -0.315. The molecule has 0 atom stereocenters. The standard InChI is InChI=1S/C14H19NO3/c1-9(2)12-7-4-10(3)14(13(12)15(16)17)18-8-11-5-6-11/h4,7,9,11H,5-6,8H2,1-3H3. The van der Waals surface area contributed by atoms with E-state index < -0.39 is 0 Å². The van der Waals surface area contributed by atoms with Gasteiger partial charge in [0.1, 0.15) is 0 Å².